The summed E-state index contributed by atoms with van der Waals surface area (Å²) in [4.78, 5) is 4.51. The van der Waals surface area contributed by atoms with Crippen LogP contribution >= 0.6 is 11.3 Å². The van der Waals surface area contributed by atoms with Gasteiger partial charge in [0.25, 0.3) is 0 Å². The number of likely N-dealkylation sites (N-methyl/N-ethyl adjacent to an activating group) is 1. The topological polar surface area (TPSA) is 51.0 Å². The molecule has 0 saturated carbocycles. The van der Waals surface area contributed by atoms with E-state index in [0.717, 1.165) is 12.1 Å². The predicted octanol–water partition coefficient (Wildman–Crippen LogP) is 3.21. The van der Waals surface area contributed by atoms with Gasteiger partial charge < -0.3 is 9.84 Å². The number of aromatic nitrogens is 2. The molecule has 2 heterocycles. The van der Waals surface area contributed by atoms with Gasteiger partial charge in [-0.25, -0.2) is 0 Å². The summed E-state index contributed by atoms with van der Waals surface area (Å²) >= 11 is 1.66. The molecule has 2 aromatic rings. The standard InChI is InChI=1S/C13H19N3OS/c1-5-14-10(4)9(3)13-15-12(16-17-13)11-7-18-6-8(11)2/h6-7,9-10,14H,5H2,1-4H3. The Balaban J connectivity index is 2.18. The molecule has 0 radical (unpaired) electrons. The summed E-state index contributed by atoms with van der Waals surface area (Å²) in [6.07, 6.45) is 0. The van der Waals surface area contributed by atoms with E-state index in [-0.39, 0.29) is 5.92 Å². The molecule has 0 saturated heterocycles. The van der Waals surface area contributed by atoms with Crippen LogP contribution in [0.5, 0.6) is 0 Å². The van der Waals surface area contributed by atoms with Gasteiger partial charge in [-0.2, -0.15) is 16.3 Å². The Morgan fingerprint density at radius 1 is 1.39 bits per heavy atom. The molecule has 4 nitrogen and oxygen atoms in total. The minimum absolute atomic E-state index is 0.213. The molecule has 0 bridgehead atoms. The van der Waals surface area contributed by atoms with E-state index in [0.29, 0.717) is 17.8 Å². The van der Waals surface area contributed by atoms with Crippen LogP contribution in [0.2, 0.25) is 0 Å². The van der Waals surface area contributed by atoms with E-state index in [9.17, 15) is 0 Å². The van der Waals surface area contributed by atoms with Crippen molar-refractivity contribution in [1.29, 1.82) is 0 Å². The number of hydrogen-bond acceptors (Lipinski definition) is 5. The highest BCUT2D eigenvalue weighted by Crippen LogP contribution is 2.26. The maximum absolute atomic E-state index is 5.38. The van der Waals surface area contributed by atoms with E-state index in [2.05, 4.69) is 53.9 Å². The van der Waals surface area contributed by atoms with Crippen LogP contribution in [-0.2, 0) is 0 Å². The van der Waals surface area contributed by atoms with Gasteiger partial charge in [0.05, 0.1) is 5.92 Å². The number of thiophene rings is 1. The molecule has 0 aliphatic rings. The van der Waals surface area contributed by atoms with Crippen molar-refractivity contribution < 1.29 is 4.52 Å². The first kappa shape index (κ1) is 13.2. The zero-order valence-corrected chi connectivity index (χ0v) is 12.0. The van der Waals surface area contributed by atoms with Gasteiger partial charge in [-0.15, -0.1) is 0 Å². The highest BCUT2D eigenvalue weighted by atomic mass is 32.1. The van der Waals surface area contributed by atoms with Crippen LogP contribution in [0, 0.1) is 6.92 Å². The summed E-state index contributed by atoms with van der Waals surface area (Å²) in [5, 5.41) is 11.6. The first-order chi connectivity index (χ1) is 8.63. The molecule has 18 heavy (non-hydrogen) atoms. The lowest BCUT2D eigenvalue weighted by Gasteiger charge is -2.16. The monoisotopic (exact) mass is 265 g/mol. The second-order valence-electron chi connectivity index (χ2n) is 4.56. The molecule has 2 atom stereocenters. The molecule has 0 amide bonds. The summed E-state index contributed by atoms with van der Waals surface area (Å²) in [6.45, 7) is 9.33. The van der Waals surface area contributed by atoms with Crippen LogP contribution in [0.25, 0.3) is 11.4 Å². The zero-order chi connectivity index (χ0) is 13.1. The van der Waals surface area contributed by atoms with E-state index in [1.807, 2.05) is 0 Å². The fourth-order valence-corrected chi connectivity index (χ4v) is 2.66. The van der Waals surface area contributed by atoms with Crippen LogP contribution in [0.3, 0.4) is 0 Å². The van der Waals surface area contributed by atoms with Crippen molar-refractivity contribution in [3.8, 4) is 11.4 Å². The Morgan fingerprint density at radius 2 is 2.17 bits per heavy atom. The summed E-state index contributed by atoms with van der Waals surface area (Å²) in [5.41, 5.74) is 2.26. The molecular weight excluding hydrogens is 246 g/mol. The van der Waals surface area contributed by atoms with Gasteiger partial charge in [-0.05, 0) is 31.3 Å². The van der Waals surface area contributed by atoms with E-state index >= 15 is 0 Å². The molecule has 1 N–H and O–H groups in total. The SMILES string of the molecule is CCNC(C)C(C)c1nc(-c2cscc2C)no1. The van der Waals surface area contributed by atoms with E-state index < -0.39 is 0 Å². The molecule has 0 aromatic carbocycles. The van der Waals surface area contributed by atoms with Crippen molar-refractivity contribution in [1.82, 2.24) is 15.5 Å². The predicted molar refractivity (Wildman–Crippen MR) is 73.9 cm³/mol. The summed E-state index contributed by atoms with van der Waals surface area (Å²) in [7, 11) is 0. The first-order valence-electron chi connectivity index (χ1n) is 6.23. The first-order valence-corrected chi connectivity index (χ1v) is 7.18. The number of aryl methyl sites for hydroxylation is 1. The third kappa shape index (κ3) is 2.62. The zero-order valence-electron chi connectivity index (χ0n) is 11.2. The van der Waals surface area contributed by atoms with Crippen molar-refractivity contribution >= 4 is 11.3 Å². The molecule has 0 fully saturated rings. The van der Waals surface area contributed by atoms with Gasteiger partial charge in [0.15, 0.2) is 0 Å². The molecule has 2 unspecified atom stereocenters. The minimum atomic E-state index is 0.213. The molecule has 0 aliphatic carbocycles. The lowest BCUT2D eigenvalue weighted by molar-refractivity contribution is 0.332. The quantitative estimate of drug-likeness (QED) is 0.902. The Labute approximate surface area is 111 Å². The number of nitrogens with one attached hydrogen (secondary N) is 1. The summed E-state index contributed by atoms with van der Waals surface area (Å²) < 4.78 is 5.38. The molecule has 2 aromatic heterocycles. The second kappa shape index (κ2) is 5.63. The van der Waals surface area contributed by atoms with Gasteiger partial charge in [-0.3, -0.25) is 0 Å². The fourth-order valence-electron chi connectivity index (χ4n) is 1.83. The average molecular weight is 265 g/mol. The van der Waals surface area contributed by atoms with Crippen molar-refractivity contribution in [2.24, 2.45) is 0 Å². The normalized spacial score (nSPS) is 14.7. The van der Waals surface area contributed by atoms with Crippen LogP contribution in [0.1, 0.15) is 38.1 Å². The number of rotatable bonds is 5. The van der Waals surface area contributed by atoms with E-state index in [1.54, 1.807) is 11.3 Å². The Morgan fingerprint density at radius 3 is 2.78 bits per heavy atom. The van der Waals surface area contributed by atoms with Crippen molar-refractivity contribution in [2.45, 2.75) is 39.7 Å². The third-order valence-corrected chi connectivity index (χ3v) is 4.07. The van der Waals surface area contributed by atoms with Gasteiger partial charge in [0.1, 0.15) is 0 Å². The van der Waals surface area contributed by atoms with Crippen molar-refractivity contribution in [3.63, 3.8) is 0 Å². The maximum Gasteiger partial charge on any atom is 0.231 e. The van der Waals surface area contributed by atoms with Crippen molar-refractivity contribution in [3.05, 3.63) is 22.2 Å². The average Bonchev–Trinajstić information content (AvgIpc) is 2.96. The summed E-state index contributed by atoms with van der Waals surface area (Å²) in [6, 6.07) is 0.326. The van der Waals surface area contributed by atoms with Crippen LogP contribution in [0.15, 0.2) is 15.3 Å². The Kier molecular flexibility index (Phi) is 4.14. The van der Waals surface area contributed by atoms with E-state index in [1.165, 1.54) is 5.56 Å². The van der Waals surface area contributed by atoms with Gasteiger partial charge in [0.2, 0.25) is 11.7 Å². The molecule has 5 heteroatoms. The molecule has 0 spiro atoms. The van der Waals surface area contributed by atoms with Gasteiger partial charge >= 0.3 is 0 Å². The van der Waals surface area contributed by atoms with Gasteiger partial charge in [0, 0.05) is 17.0 Å². The minimum Gasteiger partial charge on any atom is -0.339 e. The second-order valence-corrected chi connectivity index (χ2v) is 5.30. The largest absolute Gasteiger partial charge is 0.339 e. The highest BCUT2D eigenvalue weighted by molar-refractivity contribution is 7.08. The van der Waals surface area contributed by atoms with Crippen LogP contribution in [0.4, 0.5) is 0 Å². The van der Waals surface area contributed by atoms with Gasteiger partial charge in [-0.1, -0.05) is 19.0 Å². The van der Waals surface area contributed by atoms with Crippen LogP contribution in [-0.4, -0.2) is 22.7 Å². The highest BCUT2D eigenvalue weighted by Gasteiger charge is 2.21. The fraction of sp³-hybridized carbons (Fsp3) is 0.538. The maximum atomic E-state index is 5.38. The van der Waals surface area contributed by atoms with Crippen molar-refractivity contribution in [2.75, 3.05) is 6.54 Å². The smallest absolute Gasteiger partial charge is 0.231 e. The molecule has 0 aliphatic heterocycles. The summed E-state index contributed by atoms with van der Waals surface area (Å²) in [5.74, 6) is 1.61. The van der Waals surface area contributed by atoms with Crippen LogP contribution < -0.4 is 5.32 Å². The Bertz CT molecular complexity index is 506. The lowest BCUT2D eigenvalue weighted by Crippen LogP contribution is -2.30. The molecule has 2 rings (SSSR count). The van der Waals surface area contributed by atoms with E-state index in [4.69, 9.17) is 4.52 Å². The number of nitrogens with zero attached hydrogens (tertiary/aromatic N) is 2. The molecular formula is C13H19N3OS. The lowest BCUT2D eigenvalue weighted by atomic mass is 10.0. The molecule has 98 valence electrons. The number of hydrogen-bond donors (Lipinski definition) is 1. The Hall–Kier alpha value is -1.20. The third-order valence-electron chi connectivity index (χ3n) is 3.20.